The number of rotatable bonds is 1. The fourth-order valence-electron chi connectivity index (χ4n) is 0.422. The van der Waals surface area contributed by atoms with Gasteiger partial charge in [0.2, 0.25) is 0 Å². The molecular formula is C5H3ClNOP. The highest BCUT2D eigenvalue weighted by molar-refractivity contribution is 7.34. The van der Waals surface area contributed by atoms with Crippen LogP contribution in [-0.4, -0.2) is 4.98 Å². The predicted octanol–water partition coefficient (Wildman–Crippen LogP) is 1.65. The molecule has 0 fully saturated rings. The Kier molecular flexibility index (Phi) is 2.15. The zero-order chi connectivity index (χ0) is 6.69. The third-order valence-electron chi connectivity index (χ3n) is 0.817. The lowest BCUT2D eigenvalue weighted by Crippen LogP contribution is -1.90. The van der Waals surface area contributed by atoms with Gasteiger partial charge in [0.1, 0.15) is 5.15 Å². The fourth-order valence-corrected chi connectivity index (χ4v) is 0.774. The van der Waals surface area contributed by atoms with Crippen molar-refractivity contribution >= 4 is 25.4 Å². The molecule has 2 nitrogen and oxygen atoms in total. The van der Waals surface area contributed by atoms with Crippen molar-refractivity contribution in [2.24, 2.45) is 0 Å². The van der Waals surface area contributed by atoms with Crippen molar-refractivity contribution in [2.75, 3.05) is 0 Å². The number of aromatic nitrogens is 1. The van der Waals surface area contributed by atoms with E-state index in [-0.39, 0.29) is 8.46 Å². The molecule has 0 aromatic carbocycles. The summed E-state index contributed by atoms with van der Waals surface area (Å²) in [6.07, 6.45) is 1.47. The molecule has 0 bridgehead atoms. The highest BCUT2D eigenvalue weighted by Crippen LogP contribution is 2.01. The van der Waals surface area contributed by atoms with Gasteiger partial charge < -0.3 is 0 Å². The van der Waals surface area contributed by atoms with Gasteiger partial charge in [-0.05, 0) is 12.1 Å². The molecule has 0 aliphatic heterocycles. The summed E-state index contributed by atoms with van der Waals surface area (Å²) in [6.45, 7) is 0. The summed E-state index contributed by atoms with van der Waals surface area (Å²) >= 11 is 5.45. The normalized spacial score (nSPS) is 9.89. The molecule has 9 heavy (non-hydrogen) atoms. The van der Waals surface area contributed by atoms with Gasteiger partial charge in [0, 0.05) is 6.20 Å². The smallest absolute Gasteiger partial charge is 0.193 e. The lowest BCUT2D eigenvalue weighted by Gasteiger charge is -1.85. The number of halogens is 1. The Labute approximate surface area is 59.1 Å². The first kappa shape index (κ1) is 6.66. The van der Waals surface area contributed by atoms with Crippen molar-refractivity contribution in [3.63, 3.8) is 0 Å². The Morgan fingerprint density at radius 2 is 2.33 bits per heavy atom. The third kappa shape index (κ3) is 1.74. The minimum atomic E-state index is -0.0192. The van der Waals surface area contributed by atoms with E-state index in [2.05, 4.69) is 4.98 Å². The molecule has 0 radical (unpaired) electrons. The van der Waals surface area contributed by atoms with Gasteiger partial charge in [-0.15, -0.1) is 0 Å². The molecule has 0 N–H and O–H groups in total. The van der Waals surface area contributed by atoms with Gasteiger partial charge in [-0.25, -0.2) is 4.98 Å². The van der Waals surface area contributed by atoms with Gasteiger partial charge in [0.15, 0.2) is 8.46 Å². The van der Waals surface area contributed by atoms with Crippen LogP contribution >= 0.6 is 20.1 Å². The van der Waals surface area contributed by atoms with E-state index >= 15 is 0 Å². The highest BCUT2D eigenvalue weighted by Gasteiger charge is 1.89. The first-order valence-electron chi connectivity index (χ1n) is 2.28. The van der Waals surface area contributed by atoms with E-state index in [4.69, 9.17) is 11.6 Å². The zero-order valence-corrected chi connectivity index (χ0v) is 6.06. The summed E-state index contributed by atoms with van der Waals surface area (Å²) in [5.74, 6) is 0. The van der Waals surface area contributed by atoms with E-state index in [1.54, 1.807) is 12.1 Å². The maximum Gasteiger partial charge on any atom is 0.193 e. The minimum absolute atomic E-state index is 0.0192. The van der Waals surface area contributed by atoms with E-state index in [1.165, 1.54) is 6.20 Å². The molecule has 0 aliphatic rings. The first-order chi connectivity index (χ1) is 4.33. The van der Waals surface area contributed by atoms with Crippen molar-refractivity contribution in [1.82, 2.24) is 4.98 Å². The molecule has 4 heteroatoms. The molecule has 1 rings (SSSR count). The molecule has 1 aromatic heterocycles. The number of hydrogen-bond donors (Lipinski definition) is 0. The maximum absolute atomic E-state index is 10.1. The van der Waals surface area contributed by atoms with E-state index in [0.29, 0.717) is 10.5 Å². The van der Waals surface area contributed by atoms with Crippen LogP contribution in [0.4, 0.5) is 0 Å². The third-order valence-corrected chi connectivity index (χ3v) is 1.52. The summed E-state index contributed by atoms with van der Waals surface area (Å²) in [5.41, 5.74) is 0. The molecule has 0 aliphatic carbocycles. The van der Waals surface area contributed by atoms with Crippen LogP contribution in [0.5, 0.6) is 0 Å². The molecule has 0 unspecified atom stereocenters. The Balaban J connectivity index is 3.01. The average molecular weight is 160 g/mol. The van der Waals surface area contributed by atoms with Gasteiger partial charge in [0.05, 0.1) is 5.30 Å². The van der Waals surface area contributed by atoms with Crippen LogP contribution in [0.3, 0.4) is 0 Å². The van der Waals surface area contributed by atoms with Crippen LogP contribution in [0.2, 0.25) is 5.15 Å². The van der Waals surface area contributed by atoms with Crippen LogP contribution in [0.1, 0.15) is 0 Å². The first-order valence-corrected chi connectivity index (χ1v) is 3.47. The Bertz CT molecular complexity index is 211. The molecular weight excluding hydrogens is 156 g/mol. The van der Waals surface area contributed by atoms with Crippen LogP contribution in [0.25, 0.3) is 0 Å². The zero-order valence-electron chi connectivity index (χ0n) is 4.41. The van der Waals surface area contributed by atoms with Gasteiger partial charge in [-0.2, -0.15) is 0 Å². The van der Waals surface area contributed by atoms with Crippen molar-refractivity contribution in [3.05, 3.63) is 23.5 Å². The molecule has 1 aromatic rings. The van der Waals surface area contributed by atoms with E-state index in [0.717, 1.165) is 0 Å². The number of hydrogen-bond acceptors (Lipinski definition) is 2. The second kappa shape index (κ2) is 2.90. The lowest BCUT2D eigenvalue weighted by molar-refractivity contribution is 0.603. The topological polar surface area (TPSA) is 30.0 Å². The van der Waals surface area contributed by atoms with Gasteiger partial charge >= 0.3 is 0 Å². The van der Waals surface area contributed by atoms with Crippen molar-refractivity contribution in [3.8, 4) is 0 Å². The van der Waals surface area contributed by atoms with E-state index in [1.807, 2.05) is 0 Å². The van der Waals surface area contributed by atoms with Crippen LogP contribution in [0, 0.1) is 0 Å². The fraction of sp³-hybridized carbons (Fsp3) is 0. The number of pyridine rings is 1. The van der Waals surface area contributed by atoms with Gasteiger partial charge in [-0.1, -0.05) is 11.6 Å². The Hall–Kier alpha value is -0.460. The van der Waals surface area contributed by atoms with Crippen LogP contribution < -0.4 is 5.30 Å². The van der Waals surface area contributed by atoms with Crippen LogP contribution in [0.15, 0.2) is 18.3 Å². The minimum Gasteiger partial charge on any atom is -0.269 e. The van der Waals surface area contributed by atoms with E-state index in [9.17, 15) is 4.57 Å². The summed E-state index contributed by atoms with van der Waals surface area (Å²) < 4.78 is 10.1. The molecule has 0 saturated heterocycles. The van der Waals surface area contributed by atoms with Crippen molar-refractivity contribution < 1.29 is 4.57 Å². The second-order valence-electron chi connectivity index (χ2n) is 1.43. The lowest BCUT2D eigenvalue weighted by atomic mass is 10.5. The molecule has 0 amide bonds. The monoisotopic (exact) mass is 159 g/mol. The van der Waals surface area contributed by atoms with Gasteiger partial charge in [-0.3, -0.25) is 4.57 Å². The molecule has 46 valence electrons. The van der Waals surface area contributed by atoms with Gasteiger partial charge in [0.25, 0.3) is 0 Å². The number of nitrogens with zero attached hydrogens (tertiary/aromatic N) is 1. The maximum atomic E-state index is 10.1. The van der Waals surface area contributed by atoms with Crippen molar-refractivity contribution in [1.29, 1.82) is 0 Å². The highest BCUT2D eigenvalue weighted by atomic mass is 35.5. The second-order valence-corrected chi connectivity index (χ2v) is 2.52. The molecule has 0 saturated carbocycles. The average Bonchev–Trinajstić information content (AvgIpc) is 1.90. The summed E-state index contributed by atoms with van der Waals surface area (Å²) in [4.78, 5) is 3.71. The van der Waals surface area contributed by atoms with E-state index < -0.39 is 0 Å². The Morgan fingerprint density at radius 3 is 2.78 bits per heavy atom. The summed E-state index contributed by atoms with van der Waals surface area (Å²) in [7, 11) is -0.0192. The quantitative estimate of drug-likeness (QED) is 0.461. The molecule has 0 spiro atoms. The molecule has 1 heterocycles. The predicted molar refractivity (Wildman–Crippen MR) is 36.5 cm³/mol. The summed E-state index contributed by atoms with van der Waals surface area (Å²) in [6, 6.07) is 3.26. The molecule has 0 atom stereocenters. The van der Waals surface area contributed by atoms with Crippen molar-refractivity contribution in [2.45, 2.75) is 0 Å². The SMILES string of the molecule is O=Pc1ccc(Cl)nc1. The summed E-state index contributed by atoms with van der Waals surface area (Å²) in [5, 5.41) is 1.06. The van der Waals surface area contributed by atoms with Crippen LogP contribution in [-0.2, 0) is 4.57 Å². The standard InChI is InChI=1S/C5H3ClNOP/c6-5-2-1-4(9-8)3-7-5/h1-3H. The largest absolute Gasteiger partial charge is 0.269 e. The Morgan fingerprint density at radius 1 is 1.56 bits per heavy atom.